The summed E-state index contributed by atoms with van der Waals surface area (Å²) in [5.74, 6) is 1.25. The highest BCUT2D eigenvalue weighted by Gasteiger charge is 2.15. The Labute approximate surface area is 124 Å². The van der Waals surface area contributed by atoms with E-state index >= 15 is 0 Å². The fourth-order valence-corrected chi connectivity index (χ4v) is 2.09. The third-order valence-corrected chi connectivity index (χ3v) is 3.62. The van der Waals surface area contributed by atoms with Gasteiger partial charge in [0, 0.05) is 12.1 Å². The zero-order valence-electron chi connectivity index (χ0n) is 11.8. The number of methoxy groups -OCH3 is 1. The van der Waals surface area contributed by atoms with E-state index in [-0.39, 0.29) is 6.04 Å². The maximum Gasteiger partial charge on any atom is 0.238 e. The fraction of sp³-hybridized carbons (Fsp3) is 0.267. The van der Waals surface area contributed by atoms with Crippen LogP contribution in [0, 0.1) is 0 Å². The number of nitrogens with two attached hydrogens (primary N) is 1. The summed E-state index contributed by atoms with van der Waals surface area (Å²) in [6, 6.07) is 11.6. The Morgan fingerprint density at radius 3 is 2.45 bits per heavy atom. The van der Waals surface area contributed by atoms with Gasteiger partial charge in [0.15, 0.2) is 0 Å². The number of pyridine rings is 1. The number of hydrogen-bond donors (Lipinski definition) is 1. The van der Waals surface area contributed by atoms with Crippen LogP contribution in [0.3, 0.4) is 0 Å². The van der Waals surface area contributed by atoms with E-state index in [1.54, 1.807) is 13.2 Å². The lowest BCUT2D eigenvalue weighted by Crippen LogP contribution is -2.22. The van der Waals surface area contributed by atoms with Crippen molar-refractivity contribution in [2.24, 2.45) is 0 Å². The van der Waals surface area contributed by atoms with E-state index in [0.717, 1.165) is 16.4 Å². The van der Waals surface area contributed by atoms with Gasteiger partial charge in [-0.1, -0.05) is 23.7 Å². The predicted octanol–water partition coefficient (Wildman–Crippen LogP) is 3.52. The maximum absolute atomic E-state index is 5.91. The molecule has 2 N–H and O–H groups in total. The van der Waals surface area contributed by atoms with Crippen LogP contribution >= 0.6 is 11.6 Å². The molecule has 0 aliphatic rings. The topological polar surface area (TPSA) is 51.4 Å². The third kappa shape index (κ3) is 2.96. The molecule has 0 fully saturated rings. The van der Waals surface area contributed by atoms with Crippen LogP contribution in [0.4, 0.5) is 11.5 Å². The molecule has 0 bridgehead atoms. The van der Waals surface area contributed by atoms with Gasteiger partial charge in [-0.05, 0) is 36.8 Å². The average molecular weight is 292 g/mol. The van der Waals surface area contributed by atoms with Crippen molar-refractivity contribution in [3.63, 3.8) is 0 Å². The molecule has 2 aromatic rings. The van der Waals surface area contributed by atoms with E-state index in [1.165, 1.54) is 0 Å². The zero-order valence-corrected chi connectivity index (χ0v) is 12.6. The first-order chi connectivity index (χ1) is 9.52. The molecule has 5 heteroatoms. The molecule has 0 saturated heterocycles. The van der Waals surface area contributed by atoms with Crippen molar-refractivity contribution in [2.75, 3.05) is 24.8 Å². The van der Waals surface area contributed by atoms with Crippen LogP contribution in [0.1, 0.15) is 18.5 Å². The summed E-state index contributed by atoms with van der Waals surface area (Å²) in [7, 11) is 3.54. The number of nitrogen functional groups attached to an aromatic ring is 1. The van der Waals surface area contributed by atoms with Crippen molar-refractivity contribution < 1.29 is 4.74 Å². The van der Waals surface area contributed by atoms with E-state index in [2.05, 4.69) is 16.8 Å². The molecule has 1 unspecified atom stereocenters. The van der Waals surface area contributed by atoms with Crippen LogP contribution in [0.5, 0.6) is 5.88 Å². The minimum Gasteiger partial charge on any atom is -0.479 e. The Hall–Kier alpha value is -1.94. The highest BCUT2D eigenvalue weighted by Crippen LogP contribution is 2.28. The van der Waals surface area contributed by atoms with Gasteiger partial charge in [0.1, 0.15) is 5.82 Å². The van der Waals surface area contributed by atoms with Gasteiger partial charge in [-0.15, -0.1) is 0 Å². The SMILES string of the molecule is COc1nc(N(C)C(C)c2ccc(Cl)cc2)ccc1N. The number of anilines is 2. The van der Waals surface area contributed by atoms with Crippen molar-refractivity contribution >= 4 is 23.1 Å². The molecule has 1 atom stereocenters. The minimum atomic E-state index is 0.160. The summed E-state index contributed by atoms with van der Waals surface area (Å²) < 4.78 is 5.16. The maximum atomic E-state index is 5.91. The lowest BCUT2D eigenvalue weighted by Gasteiger charge is -2.26. The zero-order chi connectivity index (χ0) is 14.7. The molecular formula is C15H18ClN3O. The molecule has 1 aromatic heterocycles. The molecule has 0 aliphatic heterocycles. The van der Waals surface area contributed by atoms with Gasteiger partial charge in [0.2, 0.25) is 5.88 Å². The molecular weight excluding hydrogens is 274 g/mol. The molecule has 1 heterocycles. The monoisotopic (exact) mass is 291 g/mol. The highest BCUT2D eigenvalue weighted by molar-refractivity contribution is 6.30. The Morgan fingerprint density at radius 1 is 1.20 bits per heavy atom. The predicted molar refractivity (Wildman–Crippen MR) is 83.5 cm³/mol. The van der Waals surface area contributed by atoms with Crippen molar-refractivity contribution in [2.45, 2.75) is 13.0 Å². The van der Waals surface area contributed by atoms with E-state index in [0.29, 0.717) is 11.6 Å². The molecule has 0 aliphatic carbocycles. The molecule has 0 amide bonds. The van der Waals surface area contributed by atoms with Gasteiger partial charge in [0.25, 0.3) is 0 Å². The quantitative estimate of drug-likeness (QED) is 0.936. The van der Waals surface area contributed by atoms with Gasteiger partial charge in [-0.3, -0.25) is 0 Å². The van der Waals surface area contributed by atoms with Gasteiger partial charge in [0.05, 0.1) is 18.8 Å². The summed E-state index contributed by atoms with van der Waals surface area (Å²) in [6.45, 7) is 2.10. The Morgan fingerprint density at radius 2 is 1.85 bits per heavy atom. The smallest absolute Gasteiger partial charge is 0.238 e. The van der Waals surface area contributed by atoms with Crippen LogP contribution in [0.2, 0.25) is 5.02 Å². The second-order valence-corrected chi connectivity index (χ2v) is 5.04. The van der Waals surface area contributed by atoms with Gasteiger partial charge in [-0.2, -0.15) is 4.98 Å². The fourth-order valence-electron chi connectivity index (χ4n) is 1.96. The first-order valence-corrected chi connectivity index (χ1v) is 6.69. The second kappa shape index (κ2) is 6.01. The first-order valence-electron chi connectivity index (χ1n) is 6.31. The number of rotatable bonds is 4. The summed E-state index contributed by atoms with van der Waals surface area (Å²) in [5, 5.41) is 0.732. The van der Waals surface area contributed by atoms with Gasteiger partial charge < -0.3 is 15.4 Å². The van der Waals surface area contributed by atoms with Crippen molar-refractivity contribution in [3.8, 4) is 5.88 Å². The third-order valence-electron chi connectivity index (χ3n) is 3.36. The number of benzene rings is 1. The van der Waals surface area contributed by atoms with E-state index < -0.39 is 0 Å². The summed E-state index contributed by atoms with van der Waals surface area (Å²) in [5.41, 5.74) is 7.48. The average Bonchev–Trinajstić information content (AvgIpc) is 2.47. The molecule has 0 saturated carbocycles. The van der Waals surface area contributed by atoms with Crippen molar-refractivity contribution in [1.82, 2.24) is 4.98 Å². The first kappa shape index (κ1) is 14.5. The molecule has 4 nitrogen and oxygen atoms in total. The molecule has 0 spiro atoms. The molecule has 106 valence electrons. The lowest BCUT2D eigenvalue weighted by atomic mass is 10.1. The molecule has 2 rings (SSSR count). The lowest BCUT2D eigenvalue weighted by molar-refractivity contribution is 0.400. The number of aromatic nitrogens is 1. The number of halogens is 1. The minimum absolute atomic E-state index is 0.160. The van der Waals surface area contributed by atoms with Crippen LogP contribution in [0.15, 0.2) is 36.4 Å². The van der Waals surface area contributed by atoms with E-state index in [1.807, 2.05) is 37.4 Å². The van der Waals surface area contributed by atoms with E-state index in [9.17, 15) is 0 Å². The summed E-state index contributed by atoms with van der Waals surface area (Å²) in [6.07, 6.45) is 0. The van der Waals surface area contributed by atoms with Crippen LogP contribution in [-0.4, -0.2) is 19.1 Å². The van der Waals surface area contributed by atoms with Gasteiger partial charge in [-0.25, -0.2) is 0 Å². The van der Waals surface area contributed by atoms with E-state index in [4.69, 9.17) is 22.1 Å². The second-order valence-electron chi connectivity index (χ2n) is 4.61. The van der Waals surface area contributed by atoms with Crippen molar-refractivity contribution in [1.29, 1.82) is 0 Å². The Balaban J connectivity index is 2.26. The highest BCUT2D eigenvalue weighted by atomic mass is 35.5. The number of nitrogens with zero attached hydrogens (tertiary/aromatic N) is 2. The Kier molecular flexibility index (Phi) is 4.35. The van der Waals surface area contributed by atoms with Gasteiger partial charge >= 0.3 is 0 Å². The van der Waals surface area contributed by atoms with Crippen LogP contribution < -0.4 is 15.4 Å². The summed E-state index contributed by atoms with van der Waals surface area (Å²) in [4.78, 5) is 6.47. The van der Waals surface area contributed by atoms with Crippen LogP contribution in [-0.2, 0) is 0 Å². The molecule has 1 aromatic carbocycles. The van der Waals surface area contributed by atoms with Crippen LogP contribution in [0.25, 0.3) is 0 Å². The summed E-state index contributed by atoms with van der Waals surface area (Å²) >= 11 is 5.91. The Bertz CT molecular complexity index is 586. The largest absolute Gasteiger partial charge is 0.479 e. The van der Waals surface area contributed by atoms with Crippen molar-refractivity contribution in [3.05, 3.63) is 47.0 Å². The number of hydrogen-bond acceptors (Lipinski definition) is 4. The standard InChI is InChI=1S/C15H18ClN3O/c1-10(11-4-6-12(16)7-5-11)19(2)14-9-8-13(17)15(18-14)20-3/h4-10H,17H2,1-3H3. The normalized spacial score (nSPS) is 12.0. The molecule has 0 radical (unpaired) electrons. The molecule has 20 heavy (non-hydrogen) atoms. The number of ether oxygens (including phenoxy) is 1.